The second-order valence-electron chi connectivity index (χ2n) is 6.29. The Bertz CT molecular complexity index is 404. The van der Waals surface area contributed by atoms with Crippen LogP contribution in [-0.2, 0) is 9.53 Å². The number of carboxylic acids is 1. The van der Waals surface area contributed by atoms with Crippen molar-refractivity contribution in [2.45, 2.75) is 64.2 Å². The van der Waals surface area contributed by atoms with Gasteiger partial charge in [0.15, 0.2) is 0 Å². The minimum Gasteiger partial charge on any atom is -0.479 e. The smallest absolute Gasteiger partial charge is 0.329 e. The van der Waals surface area contributed by atoms with Crippen LogP contribution >= 0.6 is 0 Å². The highest BCUT2D eigenvalue weighted by Crippen LogP contribution is 2.35. The topological polar surface area (TPSA) is 70.1 Å². The molecule has 0 aromatic rings. The van der Waals surface area contributed by atoms with Gasteiger partial charge in [-0.15, -0.1) is 0 Å². The maximum atomic E-state index is 12.8. The van der Waals surface area contributed by atoms with Gasteiger partial charge in [0, 0.05) is 19.6 Å². The molecule has 0 radical (unpaired) electrons. The largest absolute Gasteiger partial charge is 0.479 e. The first-order valence-electron chi connectivity index (χ1n) is 7.86. The number of aliphatic carboxylic acids is 1. The molecule has 2 fully saturated rings. The average Bonchev–Trinajstić information content (AvgIpc) is 2.82. The Labute approximate surface area is 126 Å². The lowest BCUT2D eigenvalue weighted by atomic mass is 9.91. The van der Waals surface area contributed by atoms with Crippen molar-refractivity contribution in [3.63, 3.8) is 0 Å². The van der Waals surface area contributed by atoms with Crippen molar-refractivity contribution in [1.29, 1.82) is 0 Å². The van der Waals surface area contributed by atoms with E-state index < -0.39 is 11.5 Å². The van der Waals surface area contributed by atoms with Gasteiger partial charge in [0.05, 0.1) is 12.2 Å². The second kappa shape index (κ2) is 6.22. The molecule has 2 rings (SSSR count). The molecule has 3 atom stereocenters. The van der Waals surface area contributed by atoms with Crippen molar-refractivity contribution < 1.29 is 19.4 Å². The number of carbonyl (C=O) groups excluding carboxylic acids is 1. The number of hydrogen-bond donors (Lipinski definition) is 1. The third kappa shape index (κ3) is 3.00. The monoisotopic (exact) mass is 298 g/mol. The van der Waals surface area contributed by atoms with E-state index in [-0.39, 0.29) is 18.2 Å². The SMILES string of the molecule is CCCC1(C(=O)O)CCCN1C(=O)N1CC(C)OC(C)C1. The van der Waals surface area contributed by atoms with Crippen LogP contribution in [0.2, 0.25) is 0 Å². The zero-order chi connectivity index (χ0) is 15.6. The molecule has 2 heterocycles. The quantitative estimate of drug-likeness (QED) is 0.864. The summed E-state index contributed by atoms with van der Waals surface area (Å²) in [6.45, 7) is 7.44. The molecule has 21 heavy (non-hydrogen) atoms. The summed E-state index contributed by atoms with van der Waals surface area (Å²) in [5, 5.41) is 9.68. The first-order chi connectivity index (χ1) is 9.90. The lowest BCUT2D eigenvalue weighted by Crippen LogP contribution is -2.59. The summed E-state index contributed by atoms with van der Waals surface area (Å²) in [6, 6.07) is -0.148. The summed E-state index contributed by atoms with van der Waals surface area (Å²) in [7, 11) is 0. The highest BCUT2D eigenvalue weighted by Gasteiger charge is 2.50. The van der Waals surface area contributed by atoms with E-state index in [0.29, 0.717) is 32.5 Å². The lowest BCUT2D eigenvalue weighted by molar-refractivity contribution is -0.149. The van der Waals surface area contributed by atoms with Crippen LogP contribution in [0.5, 0.6) is 0 Å². The molecule has 0 bridgehead atoms. The molecule has 6 heteroatoms. The molecule has 0 aliphatic carbocycles. The number of likely N-dealkylation sites (tertiary alicyclic amines) is 1. The Hall–Kier alpha value is -1.30. The summed E-state index contributed by atoms with van der Waals surface area (Å²) < 4.78 is 5.65. The number of hydrogen-bond acceptors (Lipinski definition) is 3. The molecule has 2 amide bonds. The van der Waals surface area contributed by atoms with Crippen molar-refractivity contribution in [3.8, 4) is 0 Å². The number of nitrogens with zero attached hydrogens (tertiary/aromatic N) is 2. The van der Waals surface area contributed by atoms with Gasteiger partial charge in [0.2, 0.25) is 0 Å². The average molecular weight is 298 g/mol. The number of morpholine rings is 1. The van der Waals surface area contributed by atoms with Gasteiger partial charge in [-0.2, -0.15) is 0 Å². The first-order valence-corrected chi connectivity index (χ1v) is 7.86. The molecule has 120 valence electrons. The lowest BCUT2D eigenvalue weighted by Gasteiger charge is -2.41. The van der Waals surface area contributed by atoms with Gasteiger partial charge in [0.25, 0.3) is 0 Å². The van der Waals surface area contributed by atoms with Crippen molar-refractivity contribution in [2.75, 3.05) is 19.6 Å². The van der Waals surface area contributed by atoms with Crippen molar-refractivity contribution >= 4 is 12.0 Å². The number of urea groups is 1. The number of ether oxygens (including phenoxy) is 1. The molecule has 0 saturated carbocycles. The van der Waals surface area contributed by atoms with Crippen LogP contribution in [0.15, 0.2) is 0 Å². The van der Waals surface area contributed by atoms with E-state index in [1.54, 1.807) is 9.80 Å². The van der Waals surface area contributed by atoms with Gasteiger partial charge < -0.3 is 19.6 Å². The van der Waals surface area contributed by atoms with E-state index >= 15 is 0 Å². The van der Waals surface area contributed by atoms with E-state index in [4.69, 9.17) is 4.74 Å². The van der Waals surface area contributed by atoms with Crippen LogP contribution in [0.3, 0.4) is 0 Å². The number of carboxylic acid groups (broad SMARTS) is 1. The van der Waals surface area contributed by atoms with Crippen LogP contribution in [0.25, 0.3) is 0 Å². The second-order valence-corrected chi connectivity index (χ2v) is 6.29. The highest BCUT2D eigenvalue weighted by atomic mass is 16.5. The molecule has 1 N–H and O–H groups in total. The summed E-state index contributed by atoms with van der Waals surface area (Å²) >= 11 is 0. The van der Waals surface area contributed by atoms with Gasteiger partial charge >= 0.3 is 12.0 Å². The minimum absolute atomic E-state index is 0.00861. The van der Waals surface area contributed by atoms with E-state index in [0.717, 1.165) is 12.8 Å². The molecule has 0 aromatic carbocycles. The Morgan fingerprint density at radius 2 is 1.90 bits per heavy atom. The highest BCUT2D eigenvalue weighted by molar-refractivity contribution is 5.87. The van der Waals surface area contributed by atoms with Gasteiger partial charge in [-0.05, 0) is 33.1 Å². The summed E-state index contributed by atoms with van der Waals surface area (Å²) in [4.78, 5) is 28.0. The molecule has 0 spiro atoms. The van der Waals surface area contributed by atoms with Crippen molar-refractivity contribution in [1.82, 2.24) is 9.80 Å². The fourth-order valence-corrected chi connectivity index (χ4v) is 3.66. The standard InChI is InChI=1S/C15H26N2O4/c1-4-6-15(13(18)19)7-5-8-17(15)14(20)16-9-11(2)21-12(3)10-16/h11-12H,4-10H2,1-3H3,(H,18,19). The number of amides is 2. The normalized spacial score (nSPS) is 33.3. The Kier molecular flexibility index (Phi) is 4.76. The van der Waals surface area contributed by atoms with E-state index in [1.165, 1.54) is 0 Å². The Balaban J connectivity index is 2.18. The predicted octanol–water partition coefficient (Wildman–Crippen LogP) is 1.93. The van der Waals surface area contributed by atoms with Crippen molar-refractivity contribution in [2.24, 2.45) is 0 Å². The van der Waals surface area contributed by atoms with Gasteiger partial charge in [-0.1, -0.05) is 13.3 Å². The van der Waals surface area contributed by atoms with Crippen LogP contribution in [-0.4, -0.2) is 64.3 Å². The summed E-state index contributed by atoms with van der Waals surface area (Å²) in [6.07, 6.45) is 2.57. The fourth-order valence-electron chi connectivity index (χ4n) is 3.66. The van der Waals surface area contributed by atoms with E-state index in [2.05, 4.69) is 0 Å². The van der Waals surface area contributed by atoms with Crippen LogP contribution in [0.4, 0.5) is 4.79 Å². The molecule has 6 nitrogen and oxygen atoms in total. The zero-order valence-corrected chi connectivity index (χ0v) is 13.2. The molecule has 3 unspecified atom stereocenters. The Morgan fingerprint density at radius 3 is 2.43 bits per heavy atom. The molecule has 0 aromatic heterocycles. The zero-order valence-electron chi connectivity index (χ0n) is 13.2. The van der Waals surface area contributed by atoms with Gasteiger partial charge in [-0.25, -0.2) is 9.59 Å². The molecule has 2 saturated heterocycles. The summed E-state index contributed by atoms with van der Waals surface area (Å²) in [5.74, 6) is -0.871. The van der Waals surface area contributed by atoms with Crippen LogP contribution in [0, 0.1) is 0 Å². The molecule has 2 aliphatic rings. The molecule has 2 aliphatic heterocycles. The predicted molar refractivity (Wildman–Crippen MR) is 78.2 cm³/mol. The third-order valence-electron chi connectivity index (χ3n) is 4.47. The summed E-state index contributed by atoms with van der Waals surface area (Å²) in [5.41, 5.74) is -1.02. The fraction of sp³-hybridized carbons (Fsp3) is 0.867. The van der Waals surface area contributed by atoms with Crippen LogP contribution < -0.4 is 0 Å². The van der Waals surface area contributed by atoms with Crippen LogP contribution in [0.1, 0.15) is 46.5 Å². The third-order valence-corrected chi connectivity index (χ3v) is 4.47. The van der Waals surface area contributed by atoms with Gasteiger partial charge in [-0.3, -0.25) is 0 Å². The maximum absolute atomic E-state index is 12.8. The first kappa shape index (κ1) is 16.1. The number of rotatable bonds is 3. The maximum Gasteiger partial charge on any atom is 0.329 e. The molecular formula is C15H26N2O4. The van der Waals surface area contributed by atoms with Crippen molar-refractivity contribution in [3.05, 3.63) is 0 Å². The molecular weight excluding hydrogens is 272 g/mol. The van der Waals surface area contributed by atoms with E-state index in [1.807, 2.05) is 20.8 Å². The van der Waals surface area contributed by atoms with E-state index in [9.17, 15) is 14.7 Å². The minimum atomic E-state index is -1.02. The number of carbonyl (C=O) groups is 2. The van der Waals surface area contributed by atoms with Gasteiger partial charge in [0.1, 0.15) is 5.54 Å². The Morgan fingerprint density at radius 1 is 1.29 bits per heavy atom.